The molecule has 8 nitrogen and oxygen atoms in total. The van der Waals surface area contributed by atoms with E-state index in [4.69, 9.17) is 4.42 Å². The molecule has 2 saturated heterocycles. The number of hydrazone groups is 1. The van der Waals surface area contributed by atoms with Crippen LogP contribution in [0.15, 0.2) is 39.9 Å². The summed E-state index contributed by atoms with van der Waals surface area (Å²) in [6.45, 7) is 3.73. The summed E-state index contributed by atoms with van der Waals surface area (Å²) in [6.07, 6.45) is 5.96. The molecule has 0 unspecified atom stereocenters. The maximum atomic E-state index is 14.0. The molecule has 2 fully saturated rings. The Labute approximate surface area is 184 Å². The fourth-order valence-electron chi connectivity index (χ4n) is 3.93. The van der Waals surface area contributed by atoms with Crippen LogP contribution >= 0.6 is 0 Å². The highest BCUT2D eigenvalue weighted by molar-refractivity contribution is 5.78. The molecule has 0 spiro atoms. The number of benzene rings is 1. The van der Waals surface area contributed by atoms with Crippen molar-refractivity contribution in [3.8, 4) is 11.3 Å². The molecule has 0 amide bonds. The summed E-state index contributed by atoms with van der Waals surface area (Å²) in [5, 5.41) is 4.18. The number of nitrogens with one attached hydrogen (secondary N) is 1. The number of rotatable bonds is 6. The fourth-order valence-corrected chi connectivity index (χ4v) is 3.93. The average Bonchev–Trinajstić information content (AvgIpc) is 3.56. The highest BCUT2D eigenvalue weighted by Crippen LogP contribution is 2.25. The van der Waals surface area contributed by atoms with Crippen molar-refractivity contribution in [2.75, 3.05) is 41.4 Å². The molecule has 166 valence electrons. The first-order chi connectivity index (χ1) is 15.7. The second-order valence-corrected chi connectivity index (χ2v) is 7.84. The maximum Gasteiger partial charge on any atom is 0.250 e. The predicted octanol–water partition coefficient (Wildman–Crippen LogP) is 4.06. The Bertz CT molecular complexity index is 1090. The van der Waals surface area contributed by atoms with Crippen molar-refractivity contribution in [2.24, 2.45) is 5.10 Å². The van der Waals surface area contributed by atoms with E-state index >= 15 is 0 Å². The van der Waals surface area contributed by atoms with Gasteiger partial charge in [0.05, 0.1) is 11.8 Å². The van der Waals surface area contributed by atoms with Crippen LogP contribution in [0.4, 0.5) is 26.6 Å². The number of anilines is 3. The first-order valence-corrected chi connectivity index (χ1v) is 10.8. The average molecular weight is 439 g/mol. The predicted molar refractivity (Wildman–Crippen MR) is 118 cm³/mol. The molecule has 0 bridgehead atoms. The van der Waals surface area contributed by atoms with Crippen LogP contribution in [0, 0.1) is 11.6 Å². The molecule has 3 aromatic rings. The first kappa shape index (κ1) is 20.3. The van der Waals surface area contributed by atoms with Crippen molar-refractivity contribution in [3.05, 3.63) is 47.7 Å². The van der Waals surface area contributed by atoms with Gasteiger partial charge >= 0.3 is 0 Å². The molecule has 2 aromatic heterocycles. The van der Waals surface area contributed by atoms with Gasteiger partial charge in [-0.15, -0.1) is 0 Å². The molecule has 4 heterocycles. The summed E-state index contributed by atoms with van der Waals surface area (Å²) in [7, 11) is 0. The van der Waals surface area contributed by atoms with Gasteiger partial charge in [0.2, 0.25) is 17.8 Å². The summed E-state index contributed by atoms with van der Waals surface area (Å²) in [6, 6.07) is 6.61. The van der Waals surface area contributed by atoms with E-state index in [0.717, 1.165) is 57.9 Å². The van der Waals surface area contributed by atoms with Crippen LogP contribution in [0.1, 0.15) is 31.4 Å². The normalized spacial score (nSPS) is 16.4. The van der Waals surface area contributed by atoms with Gasteiger partial charge in [-0.3, -0.25) is 0 Å². The standard InChI is InChI=1S/C22H23F2N7O/c23-15-5-7-17(18(24)13-15)19-8-6-16(32-19)14-25-29-20-26-21(30-9-1-2-10-30)28-22(27-20)31-11-3-4-12-31/h5-8,13-14H,1-4,9-12H2,(H,26,27,28,29)/b25-14-. The van der Waals surface area contributed by atoms with Crippen LogP contribution in [0.3, 0.4) is 0 Å². The first-order valence-electron chi connectivity index (χ1n) is 10.8. The second kappa shape index (κ2) is 8.89. The Morgan fingerprint density at radius 2 is 1.53 bits per heavy atom. The molecule has 32 heavy (non-hydrogen) atoms. The van der Waals surface area contributed by atoms with Crippen molar-refractivity contribution in [1.29, 1.82) is 0 Å². The number of furan rings is 1. The Balaban J connectivity index is 1.33. The third kappa shape index (κ3) is 4.39. The van der Waals surface area contributed by atoms with Crippen LogP contribution in [-0.4, -0.2) is 47.3 Å². The molecule has 1 N–H and O–H groups in total. The molecule has 0 aliphatic carbocycles. The number of hydrogen-bond donors (Lipinski definition) is 1. The van der Waals surface area contributed by atoms with Crippen molar-refractivity contribution in [3.63, 3.8) is 0 Å². The van der Waals surface area contributed by atoms with E-state index in [0.29, 0.717) is 23.6 Å². The number of halogens is 2. The number of nitrogens with zero attached hydrogens (tertiary/aromatic N) is 6. The van der Waals surface area contributed by atoms with E-state index in [-0.39, 0.29) is 11.3 Å². The maximum absolute atomic E-state index is 14.0. The molecule has 0 atom stereocenters. The largest absolute Gasteiger partial charge is 0.455 e. The van der Waals surface area contributed by atoms with Crippen LogP contribution < -0.4 is 15.2 Å². The highest BCUT2D eigenvalue weighted by Gasteiger charge is 2.21. The lowest BCUT2D eigenvalue weighted by atomic mass is 10.1. The SMILES string of the molecule is Fc1ccc(-c2ccc(/C=N\Nc3nc(N4CCCC4)nc(N4CCCC4)n3)o2)c(F)c1. The van der Waals surface area contributed by atoms with Gasteiger partial charge in [0.25, 0.3) is 0 Å². The van der Waals surface area contributed by atoms with Crippen LogP contribution in [0.2, 0.25) is 0 Å². The van der Waals surface area contributed by atoms with Crippen molar-refractivity contribution in [2.45, 2.75) is 25.7 Å². The summed E-state index contributed by atoms with van der Waals surface area (Å²) in [5.74, 6) is 1.05. The smallest absolute Gasteiger partial charge is 0.250 e. The van der Waals surface area contributed by atoms with Gasteiger partial charge in [-0.05, 0) is 49.9 Å². The fraction of sp³-hybridized carbons (Fsp3) is 0.364. The Kier molecular flexibility index (Phi) is 5.66. The van der Waals surface area contributed by atoms with E-state index in [1.165, 1.54) is 18.3 Å². The minimum Gasteiger partial charge on any atom is -0.455 e. The van der Waals surface area contributed by atoms with E-state index in [9.17, 15) is 8.78 Å². The van der Waals surface area contributed by atoms with Gasteiger partial charge < -0.3 is 14.2 Å². The van der Waals surface area contributed by atoms with Gasteiger partial charge in [0, 0.05) is 32.2 Å². The zero-order chi connectivity index (χ0) is 21.9. The van der Waals surface area contributed by atoms with Crippen LogP contribution in [0.5, 0.6) is 0 Å². The van der Waals surface area contributed by atoms with E-state index < -0.39 is 11.6 Å². The molecule has 2 aliphatic heterocycles. The molecule has 5 rings (SSSR count). The summed E-state index contributed by atoms with van der Waals surface area (Å²) in [5.41, 5.74) is 3.04. The molecule has 0 radical (unpaired) electrons. The summed E-state index contributed by atoms with van der Waals surface area (Å²) >= 11 is 0. The lowest BCUT2D eigenvalue weighted by Crippen LogP contribution is -2.25. The highest BCUT2D eigenvalue weighted by atomic mass is 19.1. The van der Waals surface area contributed by atoms with Gasteiger partial charge in [-0.1, -0.05) is 0 Å². The van der Waals surface area contributed by atoms with Crippen molar-refractivity contribution >= 4 is 24.1 Å². The molecule has 0 saturated carbocycles. The molecular weight excluding hydrogens is 416 g/mol. The minimum absolute atomic E-state index is 0.182. The molecule has 10 heteroatoms. The summed E-state index contributed by atoms with van der Waals surface area (Å²) < 4.78 is 32.7. The monoisotopic (exact) mass is 439 g/mol. The van der Waals surface area contributed by atoms with Crippen LogP contribution in [-0.2, 0) is 0 Å². The van der Waals surface area contributed by atoms with Crippen LogP contribution in [0.25, 0.3) is 11.3 Å². The minimum atomic E-state index is -0.685. The van der Waals surface area contributed by atoms with Gasteiger partial charge in [0.15, 0.2) is 0 Å². The summed E-state index contributed by atoms with van der Waals surface area (Å²) in [4.78, 5) is 18.0. The Hall–Kier alpha value is -3.56. The lowest BCUT2D eigenvalue weighted by Gasteiger charge is -2.20. The Morgan fingerprint density at radius 3 is 2.16 bits per heavy atom. The third-order valence-electron chi connectivity index (χ3n) is 5.57. The van der Waals surface area contributed by atoms with Gasteiger partial charge in [-0.25, -0.2) is 14.2 Å². The zero-order valence-electron chi connectivity index (χ0n) is 17.5. The quantitative estimate of drug-likeness (QED) is 0.458. The molecule has 2 aliphatic rings. The Morgan fingerprint density at radius 1 is 0.875 bits per heavy atom. The van der Waals surface area contributed by atoms with Gasteiger partial charge in [0.1, 0.15) is 23.2 Å². The molecular formula is C22H23F2N7O. The van der Waals surface area contributed by atoms with E-state index in [2.05, 4.69) is 35.3 Å². The lowest BCUT2D eigenvalue weighted by molar-refractivity contribution is 0.556. The topological polar surface area (TPSA) is 82.7 Å². The number of aromatic nitrogens is 3. The van der Waals surface area contributed by atoms with E-state index in [1.807, 2.05) is 0 Å². The van der Waals surface area contributed by atoms with E-state index in [1.54, 1.807) is 12.1 Å². The zero-order valence-corrected chi connectivity index (χ0v) is 17.5. The third-order valence-corrected chi connectivity index (χ3v) is 5.57. The second-order valence-electron chi connectivity index (χ2n) is 7.84. The van der Waals surface area contributed by atoms with Crippen molar-refractivity contribution in [1.82, 2.24) is 15.0 Å². The molecule has 1 aromatic carbocycles. The van der Waals surface area contributed by atoms with Crippen molar-refractivity contribution < 1.29 is 13.2 Å². The van der Waals surface area contributed by atoms with Gasteiger partial charge in [-0.2, -0.15) is 20.1 Å². The number of hydrogen-bond acceptors (Lipinski definition) is 8.